The molecule has 3 rings (SSSR count). The van der Waals surface area contributed by atoms with Crippen molar-refractivity contribution in [3.8, 4) is 11.1 Å². The molecule has 0 aliphatic carbocycles. The smallest absolute Gasteiger partial charge is 0.328 e. The van der Waals surface area contributed by atoms with Crippen LogP contribution in [0.3, 0.4) is 0 Å². The second kappa shape index (κ2) is 9.78. The molecule has 0 spiro atoms. The van der Waals surface area contributed by atoms with E-state index in [0.29, 0.717) is 0 Å². The van der Waals surface area contributed by atoms with Gasteiger partial charge in [-0.1, -0.05) is 54.6 Å². The Balaban J connectivity index is 1.68. The Labute approximate surface area is 173 Å². The molecule has 154 valence electrons. The van der Waals surface area contributed by atoms with Gasteiger partial charge in [-0.2, -0.15) is 0 Å². The van der Waals surface area contributed by atoms with Crippen LogP contribution < -0.4 is 5.32 Å². The molecule has 6 heteroatoms. The molecule has 1 amide bonds. The number of carbonyl (C=O) groups is 2. The van der Waals surface area contributed by atoms with Crippen molar-refractivity contribution >= 4 is 11.9 Å². The zero-order chi connectivity index (χ0) is 21.5. The number of hydrogen-bond acceptors (Lipinski definition) is 3. The number of rotatable bonds is 7. The number of amides is 1. The molecule has 0 radical (unpaired) electrons. The number of esters is 1. The minimum atomic E-state index is -0.913. The zero-order valence-corrected chi connectivity index (χ0v) is 16.4. The van der Waals surface area contributed by atoms with Crippen LogP contribution in [0.5, 0.6) is 0 Å². The molecule has 0 aliphatic heterocycles. The Kier molecular flexibility index (Phi) is 6.91. The van der Waals surface area contributed by atoms with Crippen molar-refractivity contribution < 1.29 is 23.1 Å². The van der Waals surface area contributed by atoms with E-state index in [9.17, 15) is 18.4 Å². The zero-order valence-electron chi connectivity index (χ0n) is 16.4. The molecule has 0 fully saturated rings. The summed E-state index contributed by atoms with van der Waals surface area (Å²) in [5.41, 5.74) is 3.12. The second-order valence-electron chi connectivity index (χ2n) is 6.86. The first kappa shape index (κ1) is 21.2. The lowest BCUT2D eigenvalue weighted by Crippen LogP contribution is -2.43. The van der Waals surface area contributed by atoms with E-state index in [1.54, 1.807) is 0 Å². The molecule has 1 atom stereocenters. The van der Waals surface area contributed by atoms with E-state index in [-0.39, 0.29) is 18.4 Å². The molecule has 0 unspecified atom stereocenters. The standard InChI is InChI=1S/C24H21F2NO3/c1-30-24(29)22(27-23(28)14-17-11-20(25)15-21(26)12-17)13-16-7-9-19(10-8-16)18-5-3-2-4-6-18/h2-12,15,22H,13-14H2,1H3,(H,27,28)/t22-/m1/s1. The van der Waals surface area contributed by atoms with Gasteiger partial charge in [0.1, 0.15) is 17.7 Å². The fraction of sp³-hybridized carbons (Fsp3) is 0.167. The monoisotopic (exact) mass is 409 g/mol. The average Bonchev–Trinajstić information content (AvgIpc) is 2.73. The van der Waals surface area contributed by atoms with Crippen molar-refractivity contribution in [2.45, 2.75) is 18.9 Å². The quantitative estimate of drug-likeness (QED) is 0.599. The van der Waals surface area contributed by atoms with Crippen LogP contribution in [0.4, 0.5) is 8.78 Å². The lowest BCUT2D eigenvalue weighted by atomic mass is 10.0. The van der Waals surface area contributed by atoms with Crippen molar-refractivity contribution in [3.05, 3.63) is 95.6 Å². The summed E-state index contributed by atoms with van der Waals surface area (Å²) in [6.45, 7) is 0. The number of methoxy groups -OCH3 is 1. The molecular weight excluding hydrogens is 388 g/mol. The van der Waals surface area contributed by atoms with Crippen molar-refractivity contribution in [3.63, 3.8) is 0 Å². The van der Waals surface area contributed by atoms with Crippen molar-refractivity contribution in [2.75, 3.05) is 7.11 Å². The molecule has 30 heavy (non-hydrogen) atoms. The number of carbonyl (C=O) groups excluding carboxylic acids is 2. The molecule has 0 aromatic heterocycles. The summed E-state index contributed by atoms with van der Waals surface area (Å²) < 4.78 is 31.4. The summed E-state index contributed by atoms with van der Waals surface area (Å²) in [5.74, 6) is -2.65. The highest BCUT2D eigenvalue weighted by Gasteiger charge is 2.22. The topological polar surface area (TPSA) is 55.4 Å². The minimum Gasteiger partial charge on any atom is -0.467 e. The van der Waals surface area contributed by atoms with Gasteiger partial charge in [0.15, 0.2) is 0 Å². The lowest BCUT2D eigenvalue weighted by molar-refractivity contribution is -0.145. The maximum Gasteiger partial charge on any atom is 0.328 e. The van der Waals surface area contributed by atoms with Crippen LogP contribution in [0.25, 0.3) is 11.1 Å². The van der Waals surface area contributed by atoms with Gasteiger partial charge in [-0.3, -0.25) is 4.79 Å². The number of benzene rings is 3. The summed E-state index contributed by atoms with van der Waals surface area (Å²) in [6, 6.07) is 19.5. The van der Waals surface area contributed by atoms with Gasteiger partial charge in [-0.25, -0.2) is 13.6 Å². The SMILES string of the molecule is COC(=O)[C@@H](Cc1ccc(-c2ccccc2)cc1)NC(=O)Cc1cc(F)cc(F)c1. The number of halogens is 2. The van der Waals surface area contributed by atoms with Gasteiger partial charge >= 0.3 is 5.97 Å². The normalized spacial score (nSPS) is 11.6. The van der Waals surface area contributed by atoms with Gasteiger partial charge in [0.25, 0.3) is 0 Å². The molecule has 0 aliphatic rings. The summed E-state index contributed by atoms with van der Waals surface area (Å²) in [4.78, 5) is 24.5. The highest BCUT2D eigenvalue weighted by molar-refractivity contribution is 5.85. The summed E-state index contributed by atoms with van der Waals surface area (Å²) >= 11 is 0. The Morgan fingerprint density at radius 1 is 0.867 bits per heavy atom. The first-order valence-corrected chi connectivity index (χ1v) is 9.41. The highest BCUT2D eigenvalue weighted by atomic mass is 19.1. The fourth-order valence-corrected chi connectivity index (χ4v) is 3.18. The van der Waals surface area contributed by atoms with Gasteiger partial charge in [0.05, 0.1) is 13.5 Å². The van der Waals surface area contributed by atoms with E-state index < -0.39 is 29.6 Å². The van der Waals surface area contributed by atoms with E-state index in [0.717, 1.165) is 34.9 Å². The van der Waals surface area contributed by atoms with Crippen LogP contribution in [0.15, 0.2) is 72.8 Å². The highest BCUT2D eigenvalue weighted by Crippen LogP contribution is 2.20. The fourth-order valence-electron chi connectivity index (χ4n) is 3.18. The van der Waals surface area contributed by atoms with Crippen LogP contribution in [0.2, 0.25) is 0 Å². The van der Waals surface area contributed by atoms with Crippen molar-refractivity contribution in [2.24, 2.45) is 0 Å². The van der Waals surface area contributed by atoms with Crippen molar-refractivity contribution in [1.29, 1.82) is 0 Å². The van der Waals surface area contributed by atoms with Crippen LogP contribution in [-0.2, 0) is 27.2 Å². The molecule has 4 nitrogen and oxygen atoms in total. The van der Waals surface area contributed by atoms with Gasteiger partial charge in [-0.15, -0.1) is 0 Å². The van der Waals surface area contributed by atoms with E-state index in [2.05, 4.69) is 5.32 Å². The Bertz CT molecular complexity index is 1000. The molecule has 1 N–H and O–H groups in total. The average molecular weight is 409 g/mol. The number of nitrogens with one attached hydrogen (secondary N) is 1. The molecule has 0 bridgehead atoms. The third-order valence-corrected chi connectivity index (χ3v) is 4.61. The van der Waals surface area contributed by atoms with Gasteiger partial charge in [-0.05, 0) is 34.4 Å². The molecule has 3 aromatic rings. The van der Waals surface area contributed by atoms with E-state index in [4.69, 9.17) is 4.74 Å². The predicted octanol–water partition coefficient (Wildman–Crippen LogP) is 4.07. The Morgan fingerprint density at radius 3 is 2.07 bits per heavy atom. The molecule has 0 saturated heterocycles. The third-order valence-electron chi connectivity index (χ3n) is 4.61. The molecular formula is C24H21F2NO3. The van der Waals surface area contributed by atoms with Crippen LogP contribution >= 0.6 is 0 Å². The van der Waals surface area contributed by atoms with E-state index >= 15 is 0 Å². The lowest BCUT2D eigenvalue weighted by Gasteiger charge is -2.17. The Hall–Kier alpha value is -3.54. The second-order valence-corrected chi connectivity index (χ2v) is 6.86. The van der Waals surface area contributed by atoms with Crippen LogP contribution in [0, 0.1) is 11.6 Å². The largest absolute Gasteiger partial charge is 0.467 e. The summed E-state index contributed by atoms with van der Waals surface area (Å²) in [5, 5.41) is 2.59. The summed E-state index contributed by atoms with van der Waals surface area (Å²) in [6.07, 6.45) is -0.0277. The van der Waals surface area contributed by atoms with Crippen molar-refractivity contribution in [1.82, 2.24) is 5.32 Å². The van der Waals surface area contributed by atoms with Gasteiger partial charge in [0, 0.05) is 12.5 Å². The molecule has 0 heterocycles. The molecule has 3 aromatic carbocycles. The first-order valence-electron chi connectivity index (χ1n) is 9.41. The summed E-state index contributed by atoms with van der Waals surface area (Å²) in [7, 11) is 1.24. The maximum atomic E-state index is 13.3. The third kappa shape index (κ3) is 5.73. The predicted molar refractivity (Wildman–Crippen MR) is 110 cm³/mol. The van der Waals surface area contributed by atoms with Gasteiger partial charge in [0.2, 0.25) is 5.91 Å². The van der Waals surface area contributed by atoms with Crippen LogP contribution in [-0.4, -0.2) is 25.0 Å². The number of hydrogen-bond donors (Lipinski definition) is 1. The van der Waals surface area contributed by atoms with Gasteiger partial charge < -0.3 is 10.1 Å². The first-order chi connectivity index (χ1) is 14.4. The number of ether oxygens (including phenoxy) is 1. The minimum absolute atomic E-state index is 0.181. The Morgan fingerprint density at radius 2 is 1.47 bits per heavy atom. The van der Waals surface area contributed by atoms with E-state index in [1.807, 2.05) is 54.6 Å². The maximum absolute atomic E-state index is 13.3. The van der Waals surface area contributed by atoms with Crippen LogP contribution in [0.1, 0.15) is 11.1 Å². The molecule has 0 saturated carbocycles. The van der Waals surface area contributed by atoms with E-state index in [1.165, 1.54) is 7.11 Å².